The summed E-state index contributed by atoms with van der Waals surface area (Å²) in [5.41, 5.74) is 0.119. The third-order valence-corrected chi connectivity index (χ3v) is 3.40. The molecule has 0 atom stereocenters. The summed E-state index contributed by atoms with van der Waals surface area (Å²) in [4.78, 5) is 15.4. The standard InChI is InChI=1S/C13H19FN2O/c1-4-13(5-2,6-3)16-12(17)10-7-8-15-11(14)9-10/h7-9H,4-6H2,1-3H3,(H,16,17). The van der Waals surface area contributed by atoms with Crippen LogP contribution >= 0.6 is 0 Å². The molecule has 0 saturated heterocycles. The van der Waals surface area contributed by atoms with Crippen LogP contribution in [0.4, 0.5) is 4.39 Å². The van der Waals surface area contributed by atoms with Crippen molar-refractivity contribution in [1.29, 1.82) is 0 Å². The van der Waals surface area contributed by atoms with E-state index < -0.39 is 5.95 Å². The molecule has 17 heavy (non-hydrogen) atoms. The monoisotopic (exact) mass is 238 g/mol. The first-order valence-electron chi connectivity index (χ1n) is 6.01. The zero-order valence-electron chi connectivity index (χ0n) is 10.6. The molecule has 0 aliphatic carbocycles. The molecule has 1 rings (SSSR count). The van der Waals surface area contributed by atoms with Gasteiger partial charge in [-0.2, -0.15) is 4.39 Å². The van der Waals surface area contributed by atoms with Gasteiger partial charge in [-0.05, 0) is 25.3 Å². The Labute approximate surface area is 101 Å². The van der Waals surface area contributed by atoms with E-state index in [2.05, 4.69) is 10.3 Å². The predicted octanol–water partition coefficient (Wildman–Crippen LogP) is 2.92. The smallest absolute Gasteiger partial charge is 0.251 e. The molecule has 0 bridgehead atoms. The van der Waals surface area contributed by atoms with Gasteiger partial charge in [-0.15, -0.1) is 0 Å². The molecule has 0 aliphatic rings. The molecule has 0 fully saturated rings. The molecule has 0 aromatic carbocycles. The fraction of sp³-hybridized carbons (Fsp3) is 0.538. The van der Waals surface area contributed by atoms with Crippen molar-refractivity contribution in [3.05, 3.63) is 29.8 Å². The summed E-state index contributed by atoms with van der Waals surface area (Å²) >= 11 is 0. The molecular formula is C13H19FN2O. The third kappa shape index (κ3) is 3.25. The van der Waals surface area contributed by atoms with E-state index in [1.54, 1.807) is 0 Å². The predicted molar refractivity (Wildman–Crippen MR) is 65.3 cm³/mol. The summed E-state index contributed by atoms with van der Waals surface area (Å²) in [5, 5.41) is 2.99. The fourth-order valence-electron chi connectivity index (χ4n) is 1.87. The molecule has 1 heterocycles. The SMILES string of the molecule is CCC(CC)(CC)NC(=O)c1ccnc(F)c1. The number of hydrogen-bond donors (Lipinski definition) is 1. The number of pyridine rings is 1. The van der Waals surface area contributed by atoms with E-state index in [9.17, 15) is 9.18 Å². The molecule has 94 valence electrons. The van der Waals surface area contributed by atoms with Crippen LogP contribution in [0, 0.1) is 5.95 Å². The molecule has 1 aromatic heterocycles. The maximum absolute atomic E-state index is 12.9. The minimum atomic E-state index is -0.632. The van der Waals surface area contributed by atoms with Crippen LogP contribution in [0.1, 0.15) is 50.4 Å². The number of nitrogens with one attached hydrogen (secondary N) is 1. The van der Waals surface area contributed by atoms with Crippen LogP contribution in [0.25, 0.3) is 0 Å². The number of amides is 1. The molecule has 4 heteroatoms. The molecule has 0 saturated carbocycles. The van der Waals surface area contributed by atoms with Crippen molar-refractivity contribution >= 4 is 5.91 Å². The highest BCUT2D eigenvalue weighted by Gasteiger charge is 2.26. The lowest BCUT2D eigenvalue weighted by Crippen LogP contribution is -2.47. The van der Waals surface area contributed by atoms with Crippen LogP contribution in [0.2, 0.25) is 0 Å². The molecule has 3 nitrogen and oxygen atoms in total. The Kier molecular flexibility index (Phi) is 4.61. The summed E-state index contributed by atoms with van der Waals surface area (Å²) in [7, 11) is 0. The van der Waals surface area contributed by atoms with Crippen LogP contribution in [0.5, 0.6) is 0 Å². The molecule has 0 radical (unpaired) electrons. The second kappa shape index (κ2) is 5.75. The van der Waals surface area contributed by atoms with E-state index in [1.807, 2.05) is 20.8 Å². The zero-order chi connectivity index (χ0) is 12.9. The molecule has 0 aliphatic heterocycles. The summed E-state index contributed by atoms with van der Waals surface area (Å²) < 4.78 is 12.9. The van der Waals surface area contributed by atoms with Crippen molar-refractivity contribution in [3.8, 4) is 0 Å². The number of aromatic nitrogens is 1. The van der Waals surface area contributed by atoms with Crippen molar-refractivity contribution in [1.82, 2.24) is 10.3 Å². The molecule has 0 unspecified atom stereocenters. The highest BCUT2D eigenvalue weighted by Crippen LogP contribution is 2.20. The summed E-state index contributed by atoms with van der Waals surface area (Å²) in [6, 6.07) is 2.67. The van der Waals surface area contributed by atoms with Gasteiger partial charge in [0, 0.05) is 23.4 Å². The first-order valence-corrected chi connectivity index (χ1v) is 6.01. The number of rotatable bonds is 5. The Morgan fingerprint density at radius 3 is 2.41 bits per heavy atom. The summed E-state index contributed by atoms with van der Waals surface area (Å²) in [6.07, 6.45) is 3.88. The highest BCUT2D eigenvalue weighted by atomic mass is 19.1. The molecular weight excluding hydrogens is 219 g/mol. The first-order chi connectivity index (χ1) is 8.06. The Balaban J connectivity index is 2.84. The van der Waals surface area contributed by atoms with Crippen LogP contribution < -0.4 is 5.32 Å². The topological polar surface area (TPSA) is 42.0 Å². The van der Waals surface area contributed by atoms with Crippen LogP contribution in [-0.2, 0) is 0 Å². The number of hydrogen-bond acceptors (Lipinski definition) is 2. The summed E-state index contributed by atoms with van der Waals surface area (Å²) in [6.45, 7) is 6.13. The van der Waals surface area contributed by atoms with Crippen molar-refractivity contribution in [2.75, 3.05) is 0 Å². The Morgan fingerprint density at radius 1 is 1.35 bits per heavy atom. The second-order valence-corrected chi connectivity index (χ2v) is 4.16. The van der Waals surface area contributed by atoms with E-state index in [4.69, 9.17) is 0 Å². The van der Waals surface area contributed by atoms with Gasteiger partial charge in [-0.1, -0.05) is 20.8 Å². The van der Waals surface area contributed by atoms with Crippen molar-refractivity contribution in [2.24, 2.45) is 0 Å². The zero-order valence-corrected chi connectivity index (χ0v) is 10.6. The molecule has 1 N–H and O–H groups in total. The van der Waals surface area contributed by atoms with Gasteiger partial charge in [0.1, 0.15) is 0 Å². The van der Waals surface area contributed by atoms with Crippen LogP contribution in [0.15, 0.2) is 18.3 Å². The van der Waals surface area contributed by atoms with E-state index in [0.717, 1.165) is 25.3 Å². The van der Waals surface area contributed by atoms with E-state index in [0.29, 0.717) is 5.56 Å². The fourth-order valence-corrected chi connectivity index (χ4v) is 1.87. The minimum Gasteiger partial charge on any atom is -0.347 e. The third-order valence-electron chi connectivity index (χ3n) is 3.40. The Bertz CT molecular complexity index is 380. The van der Waals surface area contributed by atoms with Crippen molar-refractivity contribution < 1.29 is 9.18 Å². The Morgan fingerprint density at radius 2 is 1.94 bits per heavy atom. The quantitative estimate of drug-likeness (QED) is 0.801. The lowest BCUT2D eigenvalue weighted by Gasteiger charge is -2.31. The van der Waals surface area contributed by atoms with Gasteiger partial charge >= 0.3 is 0 Å². The molecule has 1 amide bonds. The normalized spacial score (nSPS) is 11.3. The maximum Gasteiger partial charge on any atom is 0.251 e. The van der Waals surface area contributed by atoms with Gasteiger partial charge in [0.15, 0.2) is 0 Å². The number of carbonyl (C=O) groups excluding carboxylic acids is 1. The van der Waals surface area contributed by atoms with Gasteiger partial charge in [0.2, 0.25) is 5.95 Å². The highest BCUT2D eigenvalue weighted by molar-refractivity contribution is 5.94. The number of carbonyl (C=O) groups is 1. The van der Waals surface area contributed by atoms with Gasteiger partial charge in [0.25, 0.3) is 5.91 Å². The van der Waals surface area contributed by atoms with Gasteiger partial charge in [0.05, 0.1) is 0 Å². The molecule has 0 spiro atoms. The molecule has 1 aromatic rings. The Hall–Kier alpha value is -1.45. The maximum atomic E-state index is 12.9. The van der Waals surface area contributed by atoms with Crippen molar-refractivity contribution in [3.63, 3.8) is 0 Å². The lowest BCUT2D eigenvalue weighted by molar-refractivity contribution is 0.0887. The van der Waals surface area contributed by atoms with Crippen molar-refractivity contribution in [2.45, 2.75) is 45.6 Å². The van der Waals surface area contributed by atoms with Gasteiger partial charge in [-0.25, -0.2) is 4.98 Å². The van der Waals surface area contributed by atoms with E-state index in [1.165, 1.54) is 12.3 Å². The van der Waals surface area contributed by atoms with Crippen LogP contribution in [-0.4, -0.2) is 16.4 Å². The van der Waals surface area contributed by atoms with Gasteiger partial charge < -0.3 is 5.32 Å². The minimum absolute atomic E-state index is 0.198. The van der Waals surface area contributed by atoms with Crippen LogP contribution in [0.3, 0.4) is 0 Å². The lowest BCUT2D eigenvalue weighted by atomic mass is 9.89. The summed E-state index contributed by atoms with van der Waals surface area (Å²) in [5.74, 6) is -0.871. The average molecular weight is 238 g/mol. The first kappa shape index (κ1) is 13.6. The second-order valence-electron chi connectivity index (χ2n) is 4.16. The average Bonchev–Trinajstić information content (AvgIpc) is 2.36. The number of halogens is 1. The van der Waals surface area contributed by atoms with E-state index in [-0.39, 0.29) is 11.4 Å². The number of nitrogens with zero attached hydrogens (tertiary/aromatic N) is 1. The van der Waals surface area contributed by atoms with E-state index >= 15 is 0 Å². The van der Waals surface area contributed by atoms with Gasteiger partial charge in [-0.3, -0.25) is 4.79 Å². The largest absolute Gasteiger partial charge is 0.347 e.